The molecule has 2 fully saturated rings. The lowest BCUT2D eigenvalue weighted by molar-refractivity contribution is 0.0853. The third kappa shape index (κ3) is 1.57. The quantitative estimate of drug-likeness (QED) is 0.826. The molecular weight excluding hydrogens is 238 g/mol. The first-order valence-electron chi connectivity index (χ1n) is 7.30. The topological polar surface area (TPSA) is 52.3 Å². The summed E-state index contributed by atoms with van der Waals surface area (Å²) in [5.74, 6) is 2.14. The number of ketones is 1. The third-order valence-corrected chi connectivity index (χ3v) is 5.26. The van der Waals surface area contributed by atoms with Crippen LogP contribution in [0, 0.1) is 17.8 Å². The Bertz CT molecular complexity index is 538. The molecule has 2 saturated carbocycles. The predicted octanol–water partition coefficient (Wildman–Crippen LogP) is 2.18. The summed E-state index contributed by atoms with van der Waals surface area (Å²) in [4.78, 5) is 12.8. The van der Waals surface area contributed by atoms with E-state index < -0.39 is 0 Å². The Morgan fingerprint density at radius 3 is 2.89 bits per heavy atom. The van der Waals surface area contributed by atoms with Gasteiger partial charge < -0.3 is 10.5 Å². The normalized spacial score (nSPS) is 35.2. The van der Waals surface area contributed by atoms with E-state index in [0.717, 1.165) is 24.2 Å². The van der Waals surface area contributed by atoms with Gasteiger partial charge in [-0.1, -0.05) is 12.1 Å². The zero-order valence-corrected chi connectivity index (χ0v) is 11.0. The van der Waals surface area contributed by atoms with E-state index in [-0.39, 0.29) is 17.7 Å². The fourth-order valence-electron chi connectivity index (χ4n) is 4.31. The van der Waals surface area contributed by atoms with Gasteiger partial charge in [-0.3, -0.25) is 4.79 Å². The number of para-hydroxylation sites is 1. The minimum Gasteiger partial charge on any atom is -0.492 e. The average Bonchev–Trinajstić information content (AvgIpc) is 3.12. The van der Waals surface area contributed by atoms with Crippen molar-refractivity contribution in [3.63, 3.8) is 0 Å². The van der Waals surface area contributed by atoms with Crippen LogP contribution in [-0.2, 0) is 6.42 Å². The lowest BCUT2D eigenvalue weighted by Gasteiger charge is -2.27. The number of hydrogen-bond donors (Lipinski definition) is 1. The molecule has 3 heteroatoms. The smallest absolute Gasteiger partial charge is 0.171 e. The molecule has 3 nitrogen and oxygen atoms in total. The Morgan fingerprint density at radius 2 is 2.11 bits per heavy atom. The molecule has 1 aliphatic heterocycles. The second kappa shape index (κ2) is 4.07. The Kier molecular flexibility index (Phi) is 2.46. The molecule has 0 aromatic heterocycles. The second-order valence-electron chi connectivity index (χ2n) is 6.19. The molecular formula is C16H19NO2. The van der Waals surface area contributed by atoms with Crippen molar-refractivity contribution in [1.29, 1.82) is 0 Å². The second-order valence-corrected chi connectivity index (χ2v) is 6.19. The predicted molar refractivity (Wildman–Crippen MR) is 72.3 cm³/mol. The fraction of sp³-hybridized carbons (Fsp3) is 0.562. The summed E-state index contributed by atoms with van der Waals surface area (Å²) in [5, 5.41) is 0. The number of nitrogens with two attached hydrogens (primary N) is 1. The minimum atomic E-state index is 0.0226. The standard InChI is InChI=1S/C16H19NO2/c17-14-11-5-4-10(8-11)13(14)15(18)12-3-1-2-9-6-7-19-16(9)12/h1-3,10-11,13-14H,4-8,17H2. The Labute approximate surface area is 113 Å². The van der Waals surface area contributed by atoms with Gasteiger partial charge in [-0.05, 0) is 42.7 Å². The molecule has 1 heterocycles. The zero-order chi connectivity index (χ0) is 13.0. The van der Waals surface area contributed by atoms with Gasteiger partial charge in [0.2, 0.25) is 0 Å². The fourth-order valence-corrected chi connectivity index (χ4v) is 4.31. The van der Waals surface area contributed by atoms with Gasteiger partial charge in [0.1, 0.15) is 5.75 Å². The van der Waals surface area contributed by atoms with Gasteiger partial charge in [0, 0.05) is 18.4 Å². The maximum Gasteiger partial charge on any atom is 0.171 e. The van der Waals surface area contributed by atoms with Gasteiger partial charge >= 0.3 is 0 Å². The summed E-state index contributed by atoms with van der Waals surface area (Å²) >= 11 is 0. The van der Waals surface area contributed by atoms with Crippen molar-refractivity contribution in [1.82, 2.24) is 0 Å². The van der Waals surface area contributed by atoms with E-state index >= 15 is 0 Å². The van der Waals surface area contributed by atoms with Crippen LogP contribution in [0.4, 0.5) is 0 Å². The highest BCUT2D eigenvalue weighted by Crippen LogP contribution is 2.49. The number of carbonyl (C=O) groups excluding carboxylic acids is 1. The molecule has 2 aliphatic carbocycles. The number of rotatable bonds is 2. The van der Waals surface area contributed by atoms with Crippen molar-refractivity contribution in [3.05, 3.63) is 29.3 Å². The van der Waals surface area contributed by atoms with Crippen LogP contribution in [0.1, 0.15) is 35.2 Å². The lowest BCUT2D eigenvalue weighted by atomic mass is 9.79. The third-order valence-electron chi connectivity index (χ3n) is 5.26. The van der Waals surface area contributed by atoms with Crippen molar-refractivity contribution in [2.24, 2.45) is 23.5 Å². The van der Waals surface area contributed by atoms with E-state index in [1.54, 1.807) is 0 Å². The molecule has 0 saturated heterocycles. The Morgan fingerprint density at radius 1 is 1.26 bits per heavy atom. The number of carbonyl (C=O) groups is 1. The van der Waals surface area contributed by atoms with Gasteiger partial charge in [-0.15, -0.1) is 0 Å². The summed E-state index contributed by atoms with van der Waals surface area (Å²) in [5.41, 5.74) is 8.22. The number of hydrogen-bond acceptors (Lipinski definition) is 3. The summed E-state index contributed by atoms with van der Waals surface area (Å²) in [6.45, 7) is 0.697. The summed E-state index contributed by atoms with van der Waals surface area (Å²) < 4.78 is 5.66. The molecule has 100 valence electrons. The first-order chi connectivity index (χ1) is 9.25. The van der Waals surface area contributed by atoms with E-state index in [1.165, 1.54) is 18.4 Å². The van der Waals surface area contributed by atoms with Crippen LogP contribution < -0.4 is 10.5 Å². The van der Waals surface area contributed by atoms with Gasteiger partial charge in [-0.2, -0.15) is 0 Å². The molecule has 1 aromatic rings. The molecule has 4 unspecified atom stereocenters. The van der Waals surface area contributed by atoms with Crippen molar-refractivity contribution in [2.75, 3.05) is 6.61 Å². The van der Waals surface area contributed by atoms with Crippen molar-refractivity contribution < 1.29 is 9.53 Å². The van der Waals surface area contributed by atoms with Crippen LogP contribution in [0.15, 0.2) is 18.2 Å². The van der Waals surface area contributed by atoms with Crippen LogP contribution in [0.2, 0.25) is 0 Å². The van der Waals surface area contributed by atoms with Gasteiger partial charge in [0.05, 0.1) is 12.2 Å². The minimum absolute atomic E-state index is 0.0226. The Balaban J connectivity index is 1.70. The number of fused-ring (bicyclic) bond motifs is 3. The van der Waals surface area contributed by atoms with Gasteiger partial charge in [0.25, 0.3) is 0 Å². The highest BCUT2D eigenvalue weighted by Gasteiger charge is 2.49. The summed E-state index contributed by atoms with van der Waals surface area (Å²) in [6, 6.07) is 5.99. The number of ether oxygens (including phenoxy) is 1. The molecule has 1 aromatic carbocycles. The van der Waals surface area contributed by atoms with Crippen LogP contribution >= 0.6 is 0 Å². The Hall–Kier alpha value is -1.35. The van der Waals surface area contributed by atoms with E-state index in [9.17, 15) is 4.79 Å². The first kappa shape index (κ1) is 11.5. The molecule has 0 radical (unpaired) electrons. The average molecular weight is 257 g/mol. The van der Waals surface area contributed by atoms with E-state index in [1.807, 2.05) is 12.1 Å². The van der Waals surface area contributed by atoms with E-state index in [4.69, 9.17) is 10.5 Å². The van der Waals surface area contributed by atoms with Crippen molar-refractivity contribution >= 4 is 5.78 Å². The SMILES string of the molecule is NC1C2CCC(C2)C1C(=O)c1cccc2c1OCC2. The maximum absolute atomic E-state index is 12.8. The zero-order valence-electron chi connectivity index (χ0n) is 11.0. The molecule has 4 rings (SSSR count). The number of Topliss-reactive ketones (excluding diaryl/α,β-unsaturated/α-hetero) is 1. The summed E-state index contributed by atoms with van der Waals surface area (Å²) in [6.07, 6.45) is 4.44. The molecule has 2 bridgehead atoms. The van der Waals surface area contributed by atoms with Crippen LogP contribution in [0.25, 0.3) is 0 Å². The highest BCUT2D eigenvalue weighted by atomic mass is 16.5. The lowest BCUT2D eigenvalue weighted by Crippen LogP contribution is -2.40. The van der Waals surface area contributed by atoms with Gasteiger partial charge in [0.15, 0.2) is 5.78 Å². The van der Waals surface area contributed by atoms with Crippen LogP contribution in [0.5, 0.6) is 5.75 Å². The van der Waals surface area contributed by atoms with Crippen LogP contribution in [0.3, 0.4) is 0 Å². The van der Waals surface area contributed by atoms with Crippen molar-refractivity contribution in [3.8, 4) is 5.75 Å². The molecule has 19 heavy (non-hydrogen) atoms. The van der Waals surface area contributed by atoms with Gasteiger partial charge in [-0.25, -0.2) is 0 Å². The largest absolute Gasteiger partial charge is 0.492 e. The first-order valence-corrected chi connectivity index (χ1v) is 7.30. The number of benzene rings is 1. The van der Waals surface area contributed by atoms with E-state index in [2.05, 4.69) is 6.07 Å². The molecule has 3 aliphatic rings. The van der Waals surface area contributed by atoms with E-state index in [0.29, 0.717) is 18.4 Å². The molecule has 4 atom stereocenters. The molecule has 0 amide bonds. The maximum atomic E-state index is 12.8. The monoisotopic (exact) mass is 257 g/mol. The van der Waals surface area contributed by atoms with Crippen LogP contribution in [-0.4, -0.2) is 18.4 Å². The highest BCUT2D eigenvalue weighted by molar-refractivity contribution is 6.01. The molecule has 0 spiro atoms. The molecule has 2 N–H and O–H groups in total. The summed E-state index contributed by atoms with van der Waals surface area (Å²) in [7, 11) is 0. The van der Waals surface area contributed by atoms with Crippen molar-refractivity contribution in [2.45, 2.75) is 31.7 Å².